The van der Waals surface area contributed by atoms with Crippen molar-refractivity contribution in [3.05, 3.63) is 71.9 Å². The molecule has 0 aliphatic carbocycles. The maximum Gasteiger partial charge on any atom is 0.271 e. The summed E-state index contributed by atoms with van der Waals surface area (Å²) < 4.78 is 7.26. The lowest BCUT2D eigenvalue weighted by atomic mass is 10.1. The van der Waals surface area contributed by atoms with E-state index in [0.717, 1.165) is 23.4 Å². The van der Waals surface area contributed by atoms with Gasteiger partial charge in [-0.15, -0.1) is 0 Å². The first kappa shape index (κ1) is 17.7. The fraction of sp³-hybridized carbons (Fsp3) is 0.238. The normalized spacial score (nSPS) is 10.5. The SMILES string of the molecule is CCn1nc(C(=O)NCCc2ccccc2)cc1-c1ccccc1OC. The molecule has 0 bridgehead atoms. The Kier molecular flexibility index (Phi) is 5.69. The summed E-state index contributed by atoms with van der Waals surface area (Å²) in [6.45, 7) is 3.25. The molecule has 1 aromatic heterocycles. The average molecular weight is 349 g/mol. The maximum absolute atomic E-state index is 12.5. The van der Waals surface area contributed by atoms with Gasteiger partial charge in [-0.2, -0.15) is 5.10 Å². The summed E-state index contributed by atoms with van der Waals surface area (Å²) in [5.41, 5.74) is 3.41. The van der Waals surface area contributed by atoms with Crippen LogP contribution in [0, 0.1) is 0 Å². The van der Waals surface area contributed by atoms with E-state index in [1.54, 1.807) is 7.11 Å². The standard InChI is InChI=1S/C21H23N3O2/c1-3-24-19(17-11-7-8-12-20(17)26-2)15-18(23-24)21(25)22-14-13-16-9-5-4-6-10-16/h4-12,15H,3,13-14H2,1-2H3,(H,22,25). The number of carbonyl (C=O) groups is 1. The monoisotopic (exact) mass is 349 g/mol. The number of aryl methyl sites for hydroxylation is 1. The number of hydrogen-bond donors (Lipinski definition) is 1. The first-order valence-electron chi connectivity index (χ1n) is 8.76. The Morgan fingerprint density at radius 1 is 1.12 bits per heavy atom. The zero-order valence-electron chi connectivity index (χ0n) is 15.1. The van der Waals surface area contributed by atoms with Crippen molar-refractivity contribution in [2.24, 2.45) is 0 Å². The minimum atomic E-state index is -0.163. The summed E-state index contributed by atoms with van der Waals surface area (Å²) >= 11 is 0. The molecule has 134 valence electrons. The van der Waals surface area contributed by atoms with Crippen LogP contribution in [0.2, 0.25) is 0 Å². The van der Waals surface area contributed by atoms with Crippen molar-refractivity contribution < 1.29 is 9.53 Å². The predicted molar refractivity (Wildman–Crippen MR) is 102 cm³/mol. The Bertz CT molecular complexity index is 872. The second-order valence-electron chi connectivity index (χ2n) is 5.92. The molecule has 1 N–H and O–H groups in total. The van der Waals surface area contributed by atoms with Crippen molar-refractivity contribution in [1.82, 2.24) is 15.1 Å². The minimum absolute atomic E-state index is 0.163. The Morgan fingerprint density at radius 2 is 1.85 bits per heavy atom. The van der Waals surface area contributed by atoms with Crippen LogP contribution < -0.4 is 10.1 Å². The lowest BCUT2D eigenvalue weighted by Crippen LogP contribution is -2.26. The van der Waals surface area contributed by atoms with Crippen molar-refractivity contribution in [2.75, 3.05) is 13.7 Å². The van der Waals surface area contributed by atoms with Crippen LogP contribution in [-0.4, -0.2) is 29.3 Å². The van der Waals surface area contributed by atoms with Gasteiger partial charge < -0.3 is 10.1 Å². The Hall–Kier alpha value is -3.08. The van der Waals surface area contributed by atoms with Crippen LogP contribution in [0.15, 0.2) is 60.7 Å². The third kappa shape index (κ3) is 3.94. The van der Waals surface area contributed by atoms with Gasteiger partial charge in [-0.1, -0.05) is 42.5 Å². The van der Waals surface area contributed by atoms with Crippen LogP contribution in [0.5, 0.6) is 5.75 Å². The van der Waals surface area contributed by atoms with Crippen LogP contribution in [0.3, 0.4) is 0 Å². The minimum Gasteiger partial charge on any atom is -0.496 e. The summed E-state index contributed by atoms with van der Waals surface area (Å²) in [4.78, 5) is 12.5. The van der Waals surface area contributed by atoms with Crippen LogP contribution >= 0.6 is 0 Å². The van der Waals surface area contributed by atoms with Gasteiger partial charge in [-0.05, 0) is 37.1 Å². The first-order chi connectivity index (χ1) is 12.7. The lowest BCUT2D eigenvalue weighted by Gasteiger charge is -2.09. The summed E-state index contributed by atoms with van der Waals surface area (Å²) in [6, 6.07) is 19.7. The van der Waals surface area contributed by atoms with E-state index < -0.39 is 0 Å². The average Bonchev–Trinajstić information content (AvgIpc) is 3.13. The van der Waals surface area contributed by atoms with Crippen molar-refractivity contribution >= 4 is 5.91 Å². The zero-order chi connectivity index (χ0) is 18.4. The number of methoxy groups -OCH3 is 1. The molecule has 26 heavy (non-hydrogen) atoms. The highest BCUT2D eigenvalue weighted by molar-refractivity contribution is 5.93. The van der Waals surface area contributed by atoms with E-state index in [2.05, 4.69) is 22.5 Å². The molecule has 0 fully saturated rings. The molecule has 0 saturated carbocycles. The molecule has 1 heterocycles. The Labute approximate surface area is 153 Å². The molecule has 0 radical (unpaired) electrons. The van der Waals surface area contributed by atoms with E-state index in [0.29, 0.717) is 18.8 Å². The van der Waals surface area contributed by atoms with Gasteiger partial charge in [0.15, 0.2) is 5.69 Å². The second kappa shape index (κ2) is 8.34. The molecule has 2 aromatic carbocycles. The number of nitrogens with zero attached hydrogens (tertiary/aromatic N) is 2. The van der Waals surface area contributed by atoms with Crippen LogP contribution in [0.25, 0.3) is 11.3 Å². The number of carbonyl (C=O) groups excluding carboxylic acids is 1. The quantitative estimate of drug-likeness (QED) is 0.710. The number of amides is 1. The molecule has 3 rings (SSSR count). The molecule has 0 spiro atoms. The fourth-order valence-electron chi connectivity index (χ4n) is 2.90. The van der Waals surface area contributed by atoms with Crippen LogP contribution in [0.4, 0.5) is 0 Å². The molecule has 0 saturated heterocycles. The number of nitrogens with one attached hydrogen (secondary N) is 1. The highest BCUT2D eigenvalue weighted by Gasteiger charge is 2.17. The molecule has 0 unspecified atom stereocenters. The van der Waals surface area contributed by atoms with Crippen LogP contribution in [0.1, 0.15) is 23.0 Å². The molecule has 0 aliphatic heterocycles. The largest absolute Gasteiger partial charge is 0.496 e. The van der Waals surface area contributed by atoms with Gasteiger partial charge in [-0.3, -0.25) is 9.48 Å². The molecule has 5 heteroatoms. The Morgan fingerprint density at radius 3 is 2.58 bits per heavy atom. The number of ether oxygens (including phenoxy) is 1. The van der Waals surface area contributed by atoms with Gasteiger partial charge in [0, 0.05) is 18.7 Å². The number of hydrogen-bond acceptors (Lipinski definition) is 3. The number of rotatable bonds is 7. The van der Waals surface area contributed by atoms with E-state index in [1.807, 2.05) is 60.1 Å². The van der Waals surface area contributed by atoms with E-state index >= 15 is 0 Å². The molecule has 0 atom stereocenters. The van der Waals surface area contributed by atoms with Gasteiger partial charge in [0.1, 0.15) is 5.75 Å². The van der Waals surface area contributed by atoms with Crippen LogP contribution in [-0.2, 0) is 13.0 Å². The predicted octanol–water partition coefficient (Wildman–Crippen LogP) is 3.55. The molecule has 0 aliphatic rings. The molecular weight excluding hydrogens is 326 g/mol. The van der Waals surface area contributed by atoms with Gasteiger partial charge in [0.2, 0.25) is 0 Å². The topological polar surface area (TPSA) is 56.2 Å². The Balaban J connectivity index is 1.74. The van der Waals surface area contributed by atoms with E-state index in [9.17, 15) is 4.79 Å². The third-order valence-electron chi connectivity index (χ3n) is 4.24. The number of benzene rings is 2. The zero-order valence-corrected chi connectivity index (χ0v) is 15.1. The first-order valence-corrected chi connectivity index (χ1v) is 8.76. The summed E-state index contributed by atoms with van der Waals surface area (Å²) in [6.07, 6.45) is 0.792. The van der Waals surface area contributed by atoms with Crippen molar-refractivity contribution in [3.63, 3.8) is 0 Å². The molecule has 3 aromatic rings. The molecular formula is C21H23N3O2. The van der Waals surface area contributed by atoms with E-state index in [1.165, 1.54) is 5.56 Å². The highest BCUT2D eigenvalue weighted by atomic mass is 16.5. The van der Waals surface area contributed by atoms with E-state index in [4.69, 9.17) is 4.74 Å². The van der Waals surface area contributed by atoms with Gasteiger partial charge in [0.05, 0.1) is 12.8 Å². The van der Waals surface area contributed by atoms with Crippen molar-refractivity contribution in [3.8, 4) is 17.0 Å². The molecule has 1 amide bonds. The summed E-state index contributed by atoms with van der Waals surface area (Å²) in [5.74, 6) is 0.599. The van der Waals surface area contributed by atoms with Crippen molar-refractivity contribution in [2.45, 2.75) is 19.9 Å². The lowest BCUT2D eigenvalue weighted by molar-refractivity contribution is 0.0948. The number of para-hydroxylation sites is 1. The fourth-order valence-corrected chi connectivity index (χ4v) is 2.90. The van der Waals surface area contributed by atoms with Gasteiger partial charge in [0.25, 0.3) is 5.91 Å². The maximum atomic E-state index is 12.5. The van der Waals surface area contributed by atoms with E-state index in [-0.39, 0.29) is 5.91 Å². The summed E-state index contributed by atoms with van der Waals surface area (Å²) in [5, 5.41) is 7.40. The smallest absolute Gasteiger partial charge is 0.271 e. The highest BCUT2D eigenvalue weighted by Crippen LogP contribution is 2.30. The van der Waals surface area contributed by atoms with Gasteiger partial charge >= 0.3 is 0 Å². The second-order valence-corrected chi connectivity index (χ2v) is 5.92. The number of aromatic nitrogens is 2. The van der Waals surface area contributed by atoms with Gasteiger partial charge in [-0.25, -0.2) is 0 Å². The summed E-state index contributed by atoms with van der Waals surface area (Å²) in [7, 11) is 1.64. The molecule has 5 nitrogen and oxygen atoms in total. The third-order valence-corrected chi connectivity index (χ3v) is 4.24. The van der Waals surface area contributed by atoms with Crippen molar-refractivity contribution in [1.29, 1.82) is 0 Å².